The third kappa shape index (κ3) is 3.22. The monoisotopic (exact) mass is 366 g/mol. The molecule has 3 heterocycles. The van der Waals surface area contributed by atoms with Crippen LogP contribution in [-0.2, 0) is 12.8 Å². The molecule has 1 amide bonds. The fourth-order valence-electron chi connectivity index (χ4n) is 3.59. The molecule has 2 aromatic heterocycles. The Labute approximate surface area is 157 Å². The van der Waals surface area contributed by atoms with Crippen molar-refractivity contribution in [1.29, 1.82) is 0 Å². The number of carbonyl (C=O) groups excluding carboxylic acids is 1. The molecule has 1 aliphatic heterocycles. The van der Waals surface area contributed by atoms with E-state index in [1.807, 2.05) is 11.6 Å². The van der Waals surface area contributed by atoms with Gasteiger partial charge in [-0.25, -0.2) is 9.97 Å². The molecule has 1 aliphatic rings. The Morgan fingerprint density at radius 1 is 1.23 bits per heavy atom. The van der Waals surface area contributed by atoms with Gasteiger partial charge in [0.1, 0.15) is 5.69 Å². The molecule has 0 fully saturated rings. The highest BCUT2D eigenvalue weighted by Gasteiger charge is 2.21. The molecule has 0 aliphatic carbocycles. The van der Waals surface area contributed by atoms with E-state index in [-0.39, 0.29) is 5.91 Å². The maximum atomic E-state index is 11.8. The number of rotatable bonds is 3. The van der Waals surface area contributed by atoms with Gasteiger partial charge in [0.25, 0.3) is 5.91 Å². The Hall–Kier alpha value is -2.31. The predicted octanol–water partition coefficient (Wildman–Crippen LogP) is 3.21. The van der Waals surface area contributed by atoms with Crippen molar-refractivity contribution in [2.45, 2.75) is 25.8 Å². The Morgan fingerprint density at radius 2 is 2.08 bits per heavy atom. The molecule has 134 valence electrons. The first-order valence-corrected chi connectivity index (χ1v) is 9.82. The first-order chi connectivity index (χ1) is 12.7. The van der Waals surface area contributed by atoms with Crippen molar-refractivity contribution in [3.63, 3.8) is 0 Å². The second kappa shape index (κ2) is 7.13. The highest BCUT2D eigenvalue weighted by molar-refractivity contribution is 7.16. The molecule has 1 aromatic carbocycles. The van der Waals surface area contributed by atoms with Crippen LogP contribution in [0.2, 0.25) is 0 Å². The van der Waals surface area contributed by atoms with E-state index in [0.29, 0.717) is 11.7 Å². The molecule has 3 aromatic rings. The second-order valence-corrected chi connectivity index (χ2v) is 7.56. The minimum absolute atomic E-state index is 0.126. The fraction of sp³-hybridized carbons (Fsp3) is 0.350. The molecule has 0 spiro atoms. The summed E-state index contributed by atoms with van der Waals surface area (Å²) in [6, 6.07) is 10.8. The molecule has 0 bridgehead atoms. The summed E-state index contributed by atoms with van der Waals surface area (Å²) < 4.78 is 1.23. The van der Waals surface area contributed by atoms with E-state index in [1.165, 1.54) is 15.8 Å². The number of fused-ring (bicyclic) bond motifs is 2. The zero-order valence-electron chi connectivity index (χ0n) is 15.0. The Kier molecular flexibility index (Phi) is 4.70. The number of aromatic nitrogens is 2. The number of nitrogens with one attached hydrogen (secondary N) is 1. The fourth-order valence-corrected chi connectivity index (χ4v) is 4.25. The maximum Gasteiger partial charge on any atom is 0.269 e. The van der Waals surface area contributed by atoms with Crippen molar-refractivity contribution in [3.8, 4) is 0 Å². The van der Waals surface area contributed by atoms with Gasteiger partial charge in [-0.3, -0.25) is 9.69 Å². The van der Waals surface area contributed by atoms with E-state index in [4.69, 9.17) is 0 Å². The Balaban J connectivity index is 1.53. The van der Waals surface area contributed by atoms with Crippen molar-refractivity contribution in [2.75, 3.05) is 20.1 Å². The average molecular weight is 366 g/mol. The third-order valence-corrected chi connectivity index (χ3v) is 6.03. The van der Waals surface area contributed by atoms with Crippen LogP contribution < -0.4 is 5.32 Å². The van der Waals surface area contributed by atoms with Crippen LogP contribution in [0.5, 0.6) is 0 Å². The Morgan fingerprint density at radius 3 is 2.92 bits per heavy atom. The van der Waals surface area contributed by atoms with Gasteiger partial charge in [-0.2, -0.15) is 0 Å². The normalized spacial score (nSPS) is 16.1. The summed E-state index contributed by atoms with van der Waals surface area (Å²) in [7, 11) is 1.64. The number of amides is 1. The second-order valence-electron chi connectivity index (χ2n) is 6.67. The molecular weight excluding hydrogens is 344 g/mol. The number of carbonyl (C=O) groups is 1. The van der Waals surface area contributed by atoms with Gasteiger partial charge in [-0.05, 0) is 42.7 Å². The SMILES string of the molecule is CNC(=O)c1ccc2c(n1)CCN([C@H](C)c1ccc3scnc3c1)CC2. The summed E-state index contributed by atoms with van der Waals surface area (Å²) >= 11 is 1.68. The summed E-state index contributed by atoms with van der Waals surface area (Å²) in [5.41, 5.74) is 7.08. The van der Waals surface area contributed by atoms with E-state index in [0.717, 1.165) is 37.1 Å². The van der Waals surface area contributed by atoms with Gasteiger partial charge in [-0.1, -0.05) is 12.1 Å². The lowest BCUT2D eigenvalue weighted by Crippen LogP contribution is -2.29. The van der Waals surface area contributed by atoms with Gasteiger partial charge in [0.2, 0.25) is 0 Å². The van der Waals surface area contributed by atoms with Gasteiger partial charge < -0.3 is 5.32 Å². The number of hydrogen-bond donors (Lipinski definition) is 1. The van der Waals surface area contributed by atoms with E-state index in [2.05, 4.69) is 51.4 Å². The van der Waals surface area contributed by atoms with Crippen LogP contribution in [0.15, 0.2) is 35.8 Å². The number of benzene rings is 1. The third-order valence-electron chi connectivity index (χ3n) is 5.22. The van der Waals surface area contributed by atoms with Crippen molar-refractivity contribution < 1.29 is 4.79 Å². The van der Waals surface area contributed by atoms with E-state index in [9.17, 15) is 4.79 Å². The summed E-state index contributed by atoms with van der Waals surface area (Å²) in [5.74, 6) is -0.126. The molecule has 0 saturated carbocycles. The quantitative estimate of drug-likeness (QED) is 0.773. The first-order valence-electron chi connectivity index (χ1n) is 8.94. The standard InChI is InChI=1S/C20H22N4OS/c1-13(15-4-6-19-18(11-15)22-12-26-19)24-9-7-14-3-5-17(20(25)21-2)23-16(14)8-10-24/h3-6,11-13H,7-10H2,1-2H3,(H,21,25)/t13-/m1/s1. The number of pyridine rings is 1. The van der Waals surface area contributed by atoms with Gasteiger partial charge in [0.15, 0.2) is 0 Å². The van der Waals surface area contributed by atoms with Crippen LogP contribution in [0.3, 0.4) is 0 Å². The zero-order chi connectivity index (χ0) is 18.1. The largest absolute Gasteiger partial charge is 0.354 e. The maximum absolute atomic E-state index is 11.8. The molecular formula is C20H22N4OS. The smallest absolute Gasteiger partial charge is 0.269 e. The molecule has 5 nitrogen and oxygen atoms in total. The Bertz CT molecular complexity index is 952. The van der Waals surface area contributed by atoms with Gasteiger partial charge >= 0.3 is 0 Å². The topological polar surface area (TPSA) is 58.1 Å². The lowest BCUT2D eigenvalue weighted by molar-refractivity contribution is 0.0958. The van der Waals surface area contributed by atoms with Crippen LogP contribution in [0.25, 0.3) is 10.2 Å². The van der Waals surface area contributed by atoms with Crippen molar-refractivity contribution >= 4 is 27.5 Å². The highest BCUT2D eigenvalue weighted by Crippen LogP contribution is 2.27. The summed E-state index contributed by atoms with van der Waals surface area (Å²) in [6.45, 7) is 4.19. The molecule has 4 rings (SSSR count). The van der Waals surface area contributed by atoms with Crippen LogP contribution in [0, 0.1) is 0 Å². The van der Waals surface area contributed by atoms with E-state index >= 15 is 0 Å². The number of hydrogen-bond acceptors (Lipinski definition) is 5. The summed E-state index contributed by atoms with van der Waals surface area (Å²) in [5, 5.41) is 2.65. The first kappa shape index (κ1) is 17.1. The van der Waals surface area contributed by atoms with Crippen LogP contribution in [0.1, 0.15) is 40.3 Å². The van der Waals surface area contributed by atoms with Crippen LogP contribution in [-0.4, -0.2) is 40.9 Å². The van der Waals surface area contributed by atoms with Gasteiger partial charge in [0, 0.05) is 38.3 Å². The highest BCUT2D eigenvalue weighted by atomic mass is 32.1. The van der Waals surface area contributed by atoms with Crippen molar-refractivity contribution in [3.05, 3.63) is 58.4 Å². The molecule has 0 unspecified atom stereocenters. The molecule has 26 heavy (non-hydrogen) atoms. The summed E-state index contributed by atoms with van der Waals surface area (Å²) in [6.07, 6.45) is 1.82. The van der Waals surface area contributed by atoms with E-state index < -0.39 is 0 Å². The lowest BCUT2D eigenvalue weighted by Gasteiger charge is -2.27. The molecule has 0 saturated heterocycles. The molecule has 1 atom stereocenters. The van der Waals surface area contributed by atoms with Gasteiger partial charge in [-0.15, -0.1) is 11.3 Å². The predicted molar refractivity (Wildman–Crippen MR) is 105 cm³/mol. The molecule has 0 radical (unpaired) electrons. The summed E-state index contributed by atoms with van der Waals surface area (Å²) in [4.78, 5) is 23.4. The minimum atomic E-state index is -0.126. The average Bonchev–Trinajstić information content (AvgIpc) is 3.04. The van der Waals surface area contributed by atoms with E-state index in [1.54, 1.807) is 18.4 Å². The lowest BCUT2D eigenvalue weighted by atomic mass is 10.1. The number of thiazole rings is 1. The van der Waals surface area contributed by atoms with Crippen LogP contribution in [0.4, 0.5) is 0 Å². The number of nitrogens with zero attached hydrogens (tertiary/aromatic N) is 3. The van der Waals surface area contributed by atoms with Crippen molar-refractivity contribution in [2.24, 2.45) is 0 Å². The van der Waals surface area contributed by atoms with Crippen molar-refractivity contribution in [1.82, 2.24) is 20.2 Å². The zero-order valence-corrected chi connectivity index (χ0v) is 15.8. The molecule has 6 heteroatoms. The van der Waals surface area contributed by atoms with Crippen LogP contribution >= 0.6 is 11.3 Å². The van der Waals surface area contributed by atoms with Gasteiger partial charge in [0.05, 0.1) is 15.7 Å². The minimum Gasteiger partial charge on any atom is -0.354 e. The molecule has 1 N–H and O–H groups in total.